The maximum absolute atomic E-state index is 12.3. The zero-order valence-corrected chi connectivity index (χ0v) is 17.0. The van der Waals surface area contributed by atoms with Gasteiger partial charge in [-0.3, -0.25) is 9.59 Å². The standard InChI is InChI=1S/C22H22N4O2S/c1-3-13-26-20(14-17-7-5-4-6-8-17)24-25-22(26)29-15-21(28)23-19-11-9-18(10-12-19)16(2)27/h3-12H,1,13-15H2,2H3,(H,23,28). The molecule has 0 aliphatic carbocycles. The predicted octanol–water partition coefficient (Wildman–Crippen LogP) is 3.99. The molecule has 3 rings (SSSR count). The van der Waals surface area contributed by atoms with E-state index in [2.05, 4.69) is 22.1 Å². The molecule has 0 saturated carbocycles. The van der Waals surface area contributed by atoms with Gasteiger partial charge in [-0.1, -0.05) is 48.2 Å². The predicted molar refractivity (Wildman–Crippen MR) is 115 cm³/mol. The Balaban J connectivity index is 1.62. The number of allylic oxidation sites excluding steroid dienone is 1. The van der Waals surface area contributed by atoms with Gasteiger partial charge in [0.05, 0.1) is 5.75 Å². The highest BCUT2D eigenvalue weighted by molar-refractivity contribution is 7.99. The molecule has 29 heavy (non-hydrogen) atoms. The fraction of sp³-hybridized carbons (Fsp3) is 0.182. The summed E-state index contributed by atoms with van der Waals surface area (Å²) >= 11 is 1.33. The molecule has 1 amide bonds. The molecular formula is C22H22N4O2S. The summed E-state index contributed by atoms with van der Waals surface area (Å²) in [5, 5.41) is 12.1. The van der Waals surface area contributed by atoms with E-state index in [0.29, 0.717) is 29.4 Å². The van der Waals surface area contributed by atoms with Gasteiger partial charge >= 0.3 is 0 Å². The lowest BCUT2D eigenvalue weighted by molar-refractivity contribution is -0.113. The van der Waals surface area contributed by atoms with E-state index in [4.69, 9.17) is 0 Å². The van der Waals surface area contributed by atoms with E-state index < -0.39 is 0 Å². The highest BCUT2D eigenvalue weighted by Gasteiger charge is 2.14. The van der Waals surface area contributed by atoms with E-state index >= 15 is 0 Å². The second kappa shape index (κ2) is 9.84. The number of nitrogens with one attached hydrogen (secondary N) is 1. The first-order chi connectivity index (χ1) is 14.1. The molecule has 1 N–H and O–H groups in total. The molecule has 0 fully saturated rings. The van der Waals surface area contributed by atoms with Crippen LogP contribution >= 0.6 is 11.8 Å². The number of benzene rings is 2. The molecule has 0 spiro atoms. The van der Waals surface area contributed by atoms with Gasteiger partial charge in [0.25, 0.3) is 0 Å². The van der Waals surface area contributed by atoms with Crippen LogP contribution in [0.2, 0.25) is 0 Å². The summed E-state index contributed by atoms with van der Waals surface area (Å²) in [6.07, 6.45) is 2.45. The van der Waals surface area contributed by atoms with Crippen molar-refractivity contribution < 1.29 is 9.59 Å². The number of carbonyl (C=O) groups is 2. The zero-order valence-electron chi connectivity index (χ0n) is 16.2. The number of thioether (sulfide) groups is 1. The van der Waals surface area contributed by atoms with Gasteiger partial charge in [0.2, 0.25) is 5.91 Å². The van der Waals surface area contributed by atoms with Crippen LogP contribution in [0.3, 0.4) is 0 Å². The van der Waals surface area contributed by atoms with Crippen LogP contribution in [-0.2, 0) is 17.8 Å². The number of ketones is 1. The molecule has 0 bridgehead atoms. The van der Waals surface area contributed by atoms with Crippen LogP contribution in [0.25, 0.3) is 0 Å². The molecule has 1 aromatic heterocycles. The van der Waals surface area contributed by atoms with Gasteiger partial charge in [-0.2, -0.15) is 0 Å². The summed E-state index contributed by atoms with van der Waals surface area (Å²) in [6.45, 7) is 5.89. The highest BCUT2D eigenvalue weighted by atomic mass is 32.2. The van der Waals surface area contributed by atoms with Gasteiger partial charge in [-0.05, 0) is 36.8 Å². The minimum absolute atomic E-state index is 0.00806. The molecule has 2 aromatic carbocycles. The number of hydrogen-bond acceptors (Lipinski definition) is 5. The van der Waals surface area contributed by atoms with Crippen LogP contribution in [0.4, 0.5) is 5.69 Å². The molecule has 1 heterocycles. The van der Waals surface area contributed by atoms with Gasteiger partial charge in [-0.15, -0.1) is 16.8 Å². The van der Waals surface area contributed by atoms with Crippen LogP contribution < -0.4 is 5.32 Å². The second-order valence-electron chi connectivity index (χ2n) is 6.43. The molecule has 3 aromatic rings. The Morgan fingerprint density at radius 1 is 1.10 bits per heavy atom. The molecule has 0 saturated heterocycles. The SMILES string of the molecule is C=CCn1c(Cc2ccccc2)nnc1SCC(=O)Nc1ccc(C(C)=O)cc1. The smallest absolute Gasteiger partial charge is 0.234 e. The molecule has 0 aliphatic heterocycles. The van der Waals surface area contributed by atoms with Gasteiger partial charge in [-0.25, -0.2) is 0 Å². The summed E-state index contributed by atoms with van der Waals surface area (Å²) in [4.78, 5) is 23.6. The van der Waals surface area contributed by atoms with Gasteiger partial charge < -0.3 is 9.88 Å². The maximum Gasteiger partial charge on any atom is 0.234 e. The normalized spacial score (nSPS) is 10.5. The third-order valence-corrected chi connectivity index (χ3v) is 5.18. The first kappa shape index (κ1) is 20.5. The Hall–Kier alpha value is -3.19. The molecular weight excluding hydrogens is 384 g/mol. The van der Waals surface area contributed by atoms with Crippen molar-refractivity contribution in [3.05, 3.63) is 84.2 Å². The van der Waals surface area contributed by atoms with Crippen molar-refractivity contribution in [1.29, 1.82) is 0 Å². The van der Waals surface area contributed by atoms with Crippen molar-refractivity contribution in [1.82, 2.24) is 14.8 Å². The average Bonchev–Trinajstić information content (AvgIpc) is 3.09. The number of rotatable bonds is 9. The Morgan fingerprint density at radius 3 is 2.48 bits per heavy atom. The van der Waals surface area contributed by atoms with Crippen LogP contribution in [0, 0.1) is 0 Å². The summed E-state index contributed by atoms with van der Waals surface area (Å²) in [7, 11) is 0. The summed E-state index contributed by atoms with van der Waals surface area (Å²) in [6, 6.07) is 16.9. The van der Waals surface area contributed by atoms with E-state index in [-0.39, 0.29) is 17.4 Å². The van der Waals surface area contributed by atoms with E-state index in [1.807, 2.05) is 34.9 Å². The van der Waals surface area contributed by atoms with E-state index in [1.165, 1.54) is 18.7 Å². The van der Waals surface area contributed by atoms with Crippen molar-refractivity contribution >= 4 is 29.1 Å². The van der Waals surface area contributed by atoms with Crippen molar-refractivity contribution in [3.63, 3.8) is 0 Å². The molecule has 7 heteroatoms. The molecule has 0 unspecified atom stereocenters. The Kier molecular flexibility index (Phi) is 6.97. The van der Waals surface area contributed by atoms with E-state index in [1.54, 1.807) is 30.3 Å². The van der Waals surface area contributed by atoms with E-state index in [9.17, 15) is 9.59 Å². The number of anilines is 1. The molecule has 0 aliphatic rings. The second-order valence-corrected chi connectivity index (χ2v) is 7.37. The van der Waals surface area contributed by atoms with Crippen LogP contribution in [-0.4, -0.2) is 32.2 Å². The largest absolute Gasteiger partial charge is 0.325 e. The molecule has 0 radical (unpaired) electrons. The summed E-state index contributed by atoms with van der Waals surface area (Å²) in [5.74, 6) is 0.878. The number of hydrogen-bond donors (Lipinski definition) is 1. The number of carbonyl (C=O) groups excluding carboxylic acids is 2. The quantitative estimate of drug-likeness (QED) is 0.330. The molecule has 6 nitrogen and oxygen atoms in total. The van der Waals surface area contributed by atoms with Crippen molar-refractivity contribution in [3.8, 4) is 0 Å². The monoisotopic (exact) mass is 406 g/mol. The van der Waals surface area contributed by atoms with Crippen molar-refractivity contribution in [2.75, 3.05) is 11.1 Å². The number of amides is 1. The van der Waals surface area contributed by atoms with Gasteiger partial charge in [0.1, 0.15) is 5.82 Å². The van der Waals surface area contributed by atoms with E-state index in [0.717, 1.165) is 11.4 Å². The zero-order chi connectivity index (χ0) is 20.6. The van der Waals surface area contributed by atoms with Gasteiger partial charge in [0, 0.05) is 24.2 Å². The van der Waals surface area contributed by atoms with Crippen molar-refractivity contribution in [2.24, 2.45) is 0 Å². The molecule has 0 atom stereocenters. The first-order valence-corrected chi connectivity index (χ1v) is 10.2. The Labute approximate surface area is 174 Å². The fourth-order valence-corrected chi connectivity index (χ4v) is 3.53. The maximum atomic E-state index is 12.3. The van der Waals surface area contributed by atoms with Gasteiger partial charge in [0.15, 0.2) is 10.9 Å². The number of aromatic nitrogens is 3. The summed E-state index contributed by atoms with van der Waals surface area (Å²) in [5.41, 5.74) is 2.41. The highest BCUT2D eigenvalue weighted by Crippen LogP contribution is 2.20. The average molecular weight is 407 g/mol. The third-order valence-electron chi connectivity index (χ3n) is 4.22. The lowest BCUT2D eigenvalue weighted by Crippen LogP contribution is -2.15. The number of nitrogens with zero attached hydrogens (tertiary/aromatic N) is 3. The van der Waals surface area contributed by atoms with Crippen molar-refractivity contribution in [2.45, 2.75) is 25.0 Å². The van der Waals surface area contributed by atoms with Crippen LogP contribution in [0.5, 0.6) is 0 Å². The number of Topliss-reactive ketones (excluding diaryl/α,β-unsaturated/α-hetero) is 1. The summed E-state index contributed by atoms with van der Waals surface area (Å²) < 4.78 is 1.97. The third kappa shape index (κ3) is 5.65. The first-order valence-electron chi connectivity index (χ1n) is 9.17. The minimum atomic E-state index is -0.150. The fourth-order valence-electron chi connectivity index (χ4n) is 2.76. The van der Waals surface area contributed by atoms with Crippen LogP contribution in [0.15, 0.2) is 72.4 Å². The lowest BCUT2D eigenvalue weighted by atomic mass is 10.1. The minimum Gasteiger partial charge on any atom is -0.325 e. The molecule has 148 valence electrons. The topological polar surface area (TPSA) is 76.9 Å². The Bertz CT molecular complexity index is 997. The van der Waals surface area contributed by atoms with Crippen LogP contribution in [0.1, 0.15) is 28.7 Å². The lowest BCUT2D eigenvalue weighted by Gasteiger charge is -2.08. The Morgan fingerprint density at radius 2 is 1.83 bits per heavy atom.